The number of morpholine rings is 1. The molecule has 1 saturated heterocycles. The van der Waals surface area contributed by atoms with Crippen molar-refractivity contribution in [3.05, 3.63) is 60.0 Å². The Morgan fingerprint density at radius 2 is 2.03 bits per heavy atom. The molecule has 8 nitrogen and oxygen atoms in total. The van der Waals surface area contributed by atoms with Gasteiger partial charge >= 0.3 is 0 Å². The second-order valence-corrected chi connectivity index (χ2v) is 7.67. The van der Waals surface area contributed by atoms with Crippen molar-refractivity contribution in [3.63, 3.8) is 0 Å². The molecule has 0 amide bonds. The van der Waals surface area contributed by atoms with Crippen molar-refractivity contribution >= 4 is 39.8 Å². The minimum Gasteiger partial charge on any atom is -0.383 e. The summed E-state index contributed by atoms with van der Waals surface area (Å²) in [6.45, 7) is 5.08. The maximum absolute atomic E-state index is 7.40. The SMILES string of the molecule is CCc1nc2c(C(N)=NC=N)cc(N3CCOCC3)cc2n1-c1ccnc2ccccc12. The summed E-state index contributed by atoms with van der Waals surface area (Å²) in [6.07, 6.45) is 3.55. The number of hydrogen-bond donors (Lipinski definition) is 2. The number of nitrogens with one attached hydrogen (secondary N) is 1. The quantitative estimate of drug-likeness (QED) is 0.376. The van der Waals surface area contributed by atoms with Gasteiger partial charge in [0.15, 0.2) is 0 Å². The summed E-state index contributed by atoms with van der Waals surface area (Å²) in [4.78, 5) is 15.8. The Labute approximate surface area is 185 Å². The minimum atomic E-state index is 0.284. The summed E-state index contributed by atoms with van der Waals surface area (Å²) in [5.74, 6) is 1.21. The third-order valence-corrected chi connectivity index (χ3v) is 5.85. The highest BCUT2D eigenvalue weighted by Crippen LogP contribution is 2.32. The molecule has 1 fully saturated rings. The predicted octanol–water partition coefficient (Wildman–Crippen LogP) is 3.29. The highest BCUT2D eigenvalue weighted by Gasteiger charge is 2.21. The van der Waals surface area contributed by atoms with E-state index in [4.69, 9.17) is 20.9 Å². The van der Waals surface area contributed by atoms with Crippen LogP contribution in [0.4, 0.5) is 5.69 Å². The van der Waals surface area contributed by atoms with Crippen LogP contribution in [0.1, 0.15) is 18.3 Å². The maximum atomic E-state index is 7.40. The highest BCUT2D eigenvalue weighted by molar-refractivity contribution is 6.11. The van der Waals surface area contributed by atoms with Gasteiger partial charge in [0.2, 0.25) is 0 Å². The van der Waals surface area contributed by atoms with Crippen molar-refractivity contribution in [1.29, 1.82) is 5.41 Å². The summed E-state index contributed by atoms with van der Waals surface area (Å²) in [5, 5.41) is 8.46. The molecule has 0 unspecified atom stereocenters. The van der Waals surface area contributed by atoms with E-state index in [0.29, 0.717) is 13.2 Å². The number of para-hydroxylation sites is 1. The smallest absolute Gasteiger partial charge is 0.134 e. The number of benzene rings is 2. The predicted molar refractivity (Wildman–Crippen MR) is 128 cm³/mol. The molecular weight excluding hydrogens is 402 g/mol. The molecule has 0 aliphatic carbocycles. The second kappa shape index (κ2) is 8.39. The molecule has 4 aromatic rings. The van der Waals surface area contributed by atoms with Crippen molar-refractivity contribution in [3.8, 4) is 5.69 Å². The Kier molecular flexibility index (Phi) is 5.28. The van der Waals surface area contributed by atoms with Crippen molar-refractivity contribution in [1.82, 2.24) is 14.5 Å². The molecule has 2 aromatic heterocycles. The molecule has 1 aliphatic heterocycles. The van der Waals surface area contributed by atoms with Gasteiger partial charge in [0.25, 0.3) is 0 Å². The number of ether oxygens (including phenoxy) is 1. The van der Waals surface area contributed by atoms with Gasteiger partial charge in [0, 0.05) is 42.3 Å². The summed E-state index contributed by atoms with van der Waals surface area (Å²) >= 11 is 0. The van der Waals surface area contributed by atoms with E-state index in [0.717, 1.165) is 70.5 Å². The summed E-state index contributed by atoms with van der Waals surface area (Å²) in [6, 6.07) is 14.3. The molecule has 0 radical (unpaired) electrons. The van der Waals surface area contributed by atoms with Crippen LogP contribution in [-0.4, -0.2) is 53.0 Å². The van der Waals surface area contributed by atoms with E-state index < -0.39 is 0 Å². The Hall–Kier alpha value is -3.78. The van der Waals surface area contributed by atoms with Crippen LogP contribution in [0.3, 0.4) is 0 Å². The number of rotatable bonds is 5. The average Bonchev–Trinajstić information content (AvgIpc) is 3.22. The largest absolute Gasteiger partial charge is 0.383 e. The molecular formula is C24H25N7O. The number of fused-ring (bicyclic) bond motifs is 2. The second-order valence-electron chi connectivity index (χ2n) is 7.67. The van der Waals surface area contributed by atoms with E-state index in [1.807, 2.05) is 36.5 Å². The first-order chi connectivity index (χ1) is 15.7. The van der Waals surface area contributed by atoms with Gasteiger partial charge in [-0.25, -0.2) is 9.98 Å². The van der Waals surface area contributed by atoms with Crippen LogP contribution in [0.2, 0.25) is 0 Å². The molecule has 32 heavy (non-hydrogen) atoms. The zero-order valence-electron chi connectivity index (χ0n) is 18.0. The van der Waals surface area contributed by atoms with E-state index in [1.54, 1.807) is 0 Å². The molecule has 5 rings (SSSR count). The number of pyridine rings is 1. The van der Waals surface area contributed by atoms with Crippen LogP contribution < -0.4 is 10.6 Å². The molecule has 0 atom stereocenters. The molecule has 3 heterocycles. The Balaban J connectivity index is 1.84. The van der Waals surface area contributed by atoms with Gasteiger partial charge in [-0.3, -0.25) is 15.0 Å². The Morgan fingerprint density at radius 3 is 2.81 bits per heavy atom. The number of aromatic nitrogens is 3. The van der Waals surface area contributed by atoms with Gasteiger partial charge in [-0.1, -0.05) is 25.1 Å². The van der Waals surface area contributed by atoms with Crippen LogP contribution in [0, 0.1) is 5.41 Å². The number of nitrogens with two attached hydrogens (primary N) is 1. The van der Waals surface area contributed by atoms with Gasteiger partial charge in [-0.2, -0.15) is 0 Å². The molecule has 162 valence electrons. The monoisotopic (exact) mass is 427 g/mol. The first-order valence-electron chi connectivity index (χ1n) is 10.8. The zero-order chi connectivity index (χ0) is 22.1. The third kappa shape index (κ3) is 3.38. The lowest BCUT2D eigenvalue weighted by Gasteiger charge is -2.29. The molecule has 0 saturated carbocycles. The summed E-state index contributed by atoms with van der Waals surface area (Å²) in [5.41, 5.74) is 11.8. The first kappa shape index (κ1) is 20.1. The van der Waals surface area contributed by atoms with Crippen LogP contribution in [-0.2, 0) is 11.2 Å². The number of anilines is 1. The minimum absolute atomic E-state index is 0.284. The van der Waals surface area contributed by atoms with Gasteiger partial charge in [0.05, 0.1) is 29.9 Å². The fourth-order valence-electron chi connectivity index (χ4n) is 4.33. The van der Waals surface area contributed by atoms with Crippen LogP contribution in [0.15, 0.2) is 53.7 Å². The highest BCUT2D eigenvalue weighted by atomic mass is 16.5. The number of aryl methyl sites for hydroxylation is 1. The Bertz CT molecular complexity index is 1330. The van der Waals surface area contributed by atoms with E-state index in [9.17, 15) is 0 Å². The van der Waals surface area contributed by atoms with E-state index in [1.165, 1.54) is 0 Å². The lowest BCUT2D eigenvalue weighted by Crippen LogP contribution is -2.36. The number of aliphatic imine (C=N–C) groups is 1. The molecule has 2 aromatic carbocycles. The standard InChI is InChI=1S/C24H25N7O/c1-2-22-29-23-18(24(26)28-15-25)13-16(30-9-11-32-12-10-30)14-21(23)31(22)20-7-8-27-19-6-4-3-5-17(19)20/h3-8,13-15H,2,9-12H2,1H3,(H3,25,26,28). The van der Waals surface area contributed by atoms with Crippen LogP contribution in [0.25, 0.3) is 27.6 Å². The van der Waals surface area contributed by atoms with Crippen LogP contribution in [0.5, 0.6) is 0 Å². The molecule has 0 spiro atoms. The fraction of sp³-hybridized carbons (Fsp3) is 0.250. The van der Waals surface area contributed by atoms with Crippen molar-refractivity contribution in [2.45, 2.75) is 13.3 Å². The van der Waals surface area contributed by atoms with Crippen molar-refractivity contribution in [2.24, 2.45) is 10.7 Å². The van der Waals surface area contributed by atoms with Crippen molar-refractivity contribution in [2.75, 3.05) is 31.2 Å². The number of hydrogen-bond acceptors (Lipinski definition) is 5. The zero-order valence-corrected chi connectivity index (χ0v) is 18.0. The number of nitrogens with zero attached hydrogens (tertiary/aromatic N) is 5. The van der Waals surface area contributed by atoms with Crippen LogP contribution >= 0.6 is 0 Å². The van der Waals surface area contributed by atoms with Crippen molar-refractivity contribution < 1.29 is 4.74 Å². The van der Waals surface area contributed by atoms with Gasteiger partial charge in [-0.15, -0.1) is 0 Å². The van der Waals surface area contributed by atoms with E-state index in [2.05, 4.69) is 38.5 Å². The van der Waals surface area contributed by atoms with E-state index in [-0.39, 0.29) is 5.84 Å². The lowest BCUT2D eigenvalue weighted by atomic mass is 10.1. The normalized spacial score (nSPS) is 14.9. The van der Waals surface area contributed by atoms with Gasteiger partial charge in [0.1, 0.15) is 23.5 Å². The topological polar surface area (TPSA) is 105 Å². The maximum Gasteiger partial charge on any atom is 0.134 e. The van der Waals surface area contributed by atoms with Gasteiger partial charge < -0.3 is 15.4 Å². The summed E-state index contributed by atoms with van der Waals surface area (Å²) in [7, 11) is 0. The first-order valence-corrected chi connectivity index (χ1v) is 10.8. The molecule has 8 heteroatoms. The Morgan fingerprint density at radius 1 is 1.22 bits per heavy atom. The molecule has 1 aliphatic rings. The molecule has 3 N–H and O–H groups in total. The third-order valence-electron chi connectivity index (χ3n) is 5.85. The fourth-order valence-corrected chi connectivity index (χ4v) is 4.33. The number of amidine groups is 1. The van der Waals surface area contributed by atoms with E-state index >= 15 is 0 Å². The summed E-state index contributed by atoms with van der Waals surface area (Å²) < 4.78 is 7.74. The van der Waals surface area contributed by atoms with Gasteiger partial charge in [-0.05, 0) is 24.3 Å². The molecule has 0 bridgehead atoms. The average molecular weight is 428 g/mol. The lowest BCUT2D eigenvalue weighted by molar-refractivity contribution is 0.122. The number of imidazole rings is 1.